The molecule has 0 saturated carbocycles. The van der Waals surface area contributed by atoms with Crippen LogP contribution in [0.15, 0.2) is 6.20 Å². The van der Waals surface area contributed by atoms with Gasteiger partial charge in [0.2, 0.25) is 11.7 Å². The lowest BCUT2D eigenvalue weighted by Crippen LogP contribution is -2.45. The lowest BCUT2D eigenvalue weighted by atomic mass is 10.1. The molecule has 1 aromatic rings. The smallest absolute Gasteiger partial charge is 0.358 e. The van der Waals surface area contributed by atoms with Crippen LogP contribution < -0.4 is 10.6 Å². The van der Waals surface area contributed by atoms with Crippen LogP contribution in [0.5, 0.6) is 0 Å². The minimum absolute atomic E-state index is 0. The van der Waals surface area contributed by atoms with Crippen molar-refractivity contribution in [1.29, 1.82) is 0 Å². The Balaban J connectivity index is 0.00000220. The number of hydrogen-bond donors (Lipinski definition) is 2. The van der Waals surface area contributed by atoms with Gasteiger partial charge in [-0.05, 0) is 29.3 Å². The van der Waals surface area contributed by atoms with Gasteiger partial charge >= 0.3 is 5.82 Å². The van der Waals surface area contributed by atoms with E-state index in [1.807, 2.05) is 0 Å². The summed E-state index contributed by atoms with van der Waals surface area (Å²) < 4.78 is 1.64. The lowest BCUT2D eigenvalue weighted by molar-refractivity contribution is -0.389. The summed E-state index contributed by atoms with van der Waals surface area (Å²) >= 11 is 0. The van der Waals surface area contributed by atoms with Crippen molar-refractivity contribution >= 4 is 24.1 Å². The zero-order chi connectivity index (χ0) is 14.5. The highest BCUT2D eigenvalue weighted by atomic mass is 35.5. The highest BCUT2D eigenvalue weighted by molar-refractivity contribution is 5.85. The molecule has 0 bridgehead atoms. The third-order valence-corrected chi connectivity index (χ3v) is 3.39. The van der Waals surface area contributed by atoms with Gasteiger partial charge in [-0.1, -0.05) is 0 Å². The third-order valence-electron chi connectivity index (χ3n) is 3.39. The molecular weight excluding hydrogens is 298 g/mol. The van der Waals surface area contributed by atoms with E-state index in [0.717, 1.165) is 25.9 Å². The predicted molar refractivity (Wildman–Crippen MR) is 79.5 cm³/mol. The van der Waals surface area contributed by atoms with Crippen molar-refractivity contribution in [2.75, 3.05) is 13.1 Å². The average molecular weight is 318 g/mol. The number of piperidine rings is 1. The first kappa shape index (κ1) is 17.4. The minimum Gasteiger partial charge on any atom is -0.358 e. The molecule has 0 spiro atoms. The third kappa shape index (κ3) is 4.98. The molecule has 0 aromatic carbocycles. The van der Waals surface area contributed by atoms with Crippen LogP contribution in [0.1, 0.15) is 25.1 Å². The van der Waals surface area contributed by atoms with Gasteiger partial charge < -0.3 is 25.3 Å². The van der Waals surface area contributed by atoms with Crippen molar-refractivity contribution in [3.63, 3.8) is 0 Å². The van der Waals surface area contributed by atoms with Crippen LogP contribution in [0.2, 0.25) is 0 Å². The predicted octanol–water partition coefficient (Wildman–Crippen LogP) is 0.780. The Morgan fingerprint density at radius 2 is 2.43 bits per heavy atom. The van der Waals surface area contributed by atoms with Gasteiger partial charge in [0, 0.05) is 32.5 Å². The van der Waals surface area contributed by atoms with E-state index in [9.17, 15) is 14.9 Å². The van der Waals surface area contributed by atoms with Crippen LogP contribution in [0.3, 0.4) is 0 Å². The fourth-order valence-electron chi connectivity index (χ4n) is 2.30. The number of imidazole rings is 1. The van der Waals surface area contributed by atoms with Crippen LogP contribution in [0.4, 0.5) is 5.82 Å². The van der Waals surface area contributed by atoms with Crippen molar-refractivity contribution < 1.29 is 9.72 Å². The maximum absolute atomic E-state index is 11.8. The number of amides is 1. The molecule has 1 atom stereocenters. The molecule has 2 N–H and O–H groups in total. The van der Waals surface area contributed by atoms with Gasteiger partial charge in [-0.15, -0.1) is 12.4 Å². The van der Waals surface area contributed by atoms with Gasteiger partial charge in [0.15, 0.2) is 0 Å². The summed E-state index contributed by atoms with van der Waals surface area (Å²) in [5.41, 5.74) is 0. The van der Waals surface area contributed by atoms with E-state index in [1.165, 1.54) is 6.20 Å². The zero-order valence-corrected chi connectivity index (χ0v) is 12.7. The van der Waals surface area contributed by atoms with Gasteiger partial charge in [0.1, 0.15) is 6.20 Å². The molecule has 1 fully saturated rings. The van der Waals surface area contributed by atoms with Crippen molar-refractivity contribution in [3.05, 3.63) is 22.1 Å². The summed E-state index contributed by atoms with van der Waals surface area (Å²) in [5.74, 6) is 0.331. The number of nitrogens with zero attached hydrogens (tertiary/aromatic N) is 3. The van der Waals surface area contributed by atoms with E-state index in [2.05, 4.69) is 15.6 Å². The van der Waals surface area contributed by atoms with Crippen LogP contribution in [0, 0.1) is 17.0 Å². The Morgan fingerprint density at radius 3 is 3.00 bits per heavy atom. The Bertz CT molecular complexity index is 499. The first-order valence-electron chi connectivity index (χ1n) is 6.74. The van der Waals surface area contributed by atoms with E-state index < -0.39 is 4.92 Å². The molecule has 1 aliphatic rings. The van der Waals surface area contributed by atoms with Gasteiger partial charge in [0.05, 0.1) is 0 Å². The second-order valence-corrected chi connectivity index (χ2v) is 4.96. The Kier molecular flexibility index (Phi) is 6.57. The summed E-state index contributed by atoms with van der Waals surface area (Å²) in [6.45, 7) is 3.90. The number of carbonyl (C=O) groups is 1. The molecular formula is C12H20ClN5O3. The van der Waals surface area contributed by atoms with Crippen molar-refractivity contribution in [3.8, 4) is 0 Å². The standard InChI is InChI=1S/C12H19N5O3.ClH/c1-9-14-11(17(19)20)8-16(9)6-4-12(18)15-10-3-2-5-13-7-10;/h8,10,13H,2-7H2,1H3,(H,15,18);1H/t10-;/m0./s1. The maximum Gasteiger partial charge on any atom is 0.381 e. The van der Waals surface area contributed by atoms with Crippen molar-refractivity contribution in [2.24, 2.45) is 0 Å². The number of halogens is 1. The monoisotopic (exact) mass is 317 g/mol. The topological polar surface area (TPSA) is 102 Å². The van der Waals surface area contributed by atoms with E-state index in [-0.39, 0.29) is 30.2 Å². The molecule has 0 radical (unpaired) electrons. The Hall–Kier alpha value is -1.67. The summed E-state index contributed by atoms with van der Waals surface area (Å²) in [5, 5.41) is 16.8. The summed E-state index contributed by atoms with van der Waals surface area (Å²) in [6.07, 6.45) is 3.72. The number of aryl methyl sites for hydroxylation is 2. The Labute approximate surface area is 128 Å². The molecule has 1 aliphatic heterocycles. The van der Waals surface area contributed by atoms with Gasteiger partial charge in [-0.2, -0.15) is 0 Å². The second kappa shape index (κ2) is 7.94. The van der Waals surface area contributed by atoms with E-state index in [4.69, 9.17) is 0 Å². The molecule has 118 valence electrons. The van der Waals surface area contributed by atoms with Crippen LogP contribution in [-0.2, 0) is 11.3 Å². The molecule has 9 heteroatoms. The number of rotatable bonds is 5. The summed E-state index contributed by atoms with van der Waals surface area (Å²) in [4.78, 5) is 25.7. The van der Waals surface area contributed by atoms with Crippen LogP contribution >= 0.6 is 12.4 Å². The fraction of sp³-hybridized carbons (Fsp3) is 0.667. The normalized spacial score (nSPS) is 17.9. The number of aromatic nitrogens is 2. The number of nitro groups is 1. The first-order valence-corrected chi connectivity index (χ1v) is 6.74. The lowest BCUT2D eigenvalue weighted by Gasteiger charge is -2.23. The highest BCUT2D eigenvalue weighted by Gasteiger charge is 2.17. The van der Waals surface area contributed by atoms with Gasteiger partial charge in [-0.25, -0.2) is 0 Å². The van der Waals surface area contributed by atoms with E-state index in [1.54, 1.807) is 11.5 Å². The van der Waals surface area contributed by atoms with Gasteiger partial charge in [0.25, 0.3) is 0 Å². The van der Waals surface area contributed by atoms with Gasteiger partial charge in [-0.3, -0.25) is 4.79 Å². The van der Waals surface area contributed by atoms with E-state index >= 15 is 0 Å². The van der Waals surface area contributed by atoms with Crippen molar-refractivity contribution in [1.82, 2.24) is 20.2 Å². The van der Waals surface area contributed by atoms with Crippen LogP contribution in [0.25, 0.3) is 0 Å². The molecule has 1 saturated heterocycles. The first-order chi connectivity index (χ1) is 9.56. The molecule has 2 rings (SSSR count). The largest absolute Gasteiger partial charge is 0.381 e. The molecule has 1 aromatic heterocycles. The quantitative estimate of drug-likeness (QED) is 0.617. The molecule has 1 amide bonds. The molecule has 21 heavy (non-hydrogen) atoms. The molecule has 0 unspecified atom stereocenters. The number of carbonyl (C=O) groups excluding carboxylic acids is 1. The number of nitrogens with one attached hydrogen (secondary N) is 2. The zero-order valence-electron chi connectivity index (χ0n) is 11.9. The fourth-order valence-corrected chi connectivity index (χ4v) is 2.30. The average Bonchev–Trinajstić information content (AvgIpc) is 2.79. The molecule has 0 aliphatic carbocycles. The van der Waals surface area contributed by atoms with E-state index in [0.29, 0.717) is 18.8 Å². The minimum atomic E-state index is -0.530. The second-order valence-electron chi connectivity index (χ2n) is 4.96. The molecule has 8 nitrogen and oxygen atoms in total. The SMILES string of the molecule is Cc1nc([N+](=O)[O-])cn1CCC(=O)N[C@H]1CCCNC1.Cl. The van der Waals surface area contributed by atoms with Crippen LogP contribution in [-0.4, -0.2) is 39.5 Å². The Morgan fingerprint density at radius 1 is 1.67 bits per heavy atom. The maximum atomic E-state index is 11.8. The summed E-state index contributed by atoms with van der Waals surface area (Å²) in [7, 11) is 0. The number of hydrogen-bond acceptors (Lipinski definition) is 5. The van der Waals surface area contributed by atoms with Crippen molar-refractivity contribution in [2.45, 2.75) is 38.8 Å². The highest BCUT2D eigenvalue weighted by Crippen LogP contribution is 2.11. The summed E-state index contributed by atoms with van der Waals surface area (Å²) in [6, 6.07) is 0.189. The molecule has 2 heterocycles.